The lowest BCUT2D eigenvalue weighted by molar-refractivity contribution is -0.131. The lowest BCUT2D eigenvalue weighted by Crippen LogP contribution is -2.49. The van der Waals surface area contributed by atoms with Gasteiger partial charge in [0.15, 0.2) is 0 Å². The molecule has 6 rings (SSSR count). The van der Waals surface area contributed by atoms with Crippen LogP contribution in [0.2, 0.25) is 0 Å². The molecule has 1 atom stereocenters. The third kappa shape index (κ3) is 3.83. The molecular formula is C28H27N5O2. The maximum atomic E-state index is 13.4. The molecule has 2 amide bonds. The van der Waals surface area contributed by atoms with E-state index in [-0.39, 0.29) is 17.9 Å². The van der Waals surface area contributed by atoms with E-state index in [2.05, 4.69) is 20.9 Å². The van der Waals surface area contributed by atoms with Crippen molar-refractivity contribution >= 4 is 28.5 Å². The molecule has 2 aromatic heterocycles. The lowest BCUT2D eigenvalue weighted by Gasteiger charge is -2.36. The lowest BCUT2D eigenvalue weighted by atomic mass is 9.97. The molecule has 7 nitrogen and oxygen atoms in total. The minimum absolute atomic E-state index is 0.0105. The molecule has 2 aromatic carbocycles. The first-order valence-electron chi connectivity index (χ1n) is 12.1. The molecule has 1 saturated heterocycles. The summed E-state index contributed by atoms with van der Waals surface area (Å²) in [6.07, 6.45) is 4.10. The second-order valence-electron chi connectivity index (χ2n) is 9.08. The van der Waals surface area contributed by atoms with Gasteiger partial charge in [-0.1, -0.05) is 42.5 Å². The molecule has 0 saturated carbocycles. The van der Waals surface area contributed by atoms with E-state index in [1.807, 2.05) is 76.7 Å². The molecule has 1 unspecified atom stereocenters. The molecule has 1 fully saturated rings. The fourth-order valence-electron chi connectivity index (χ4n) is 5.36. The van der Waals surface area contributed by atoms with Gasteiger partial charge in [0, 0.05) is 73.6 Å². The van der Waals surface area contributed by atoms with Crippen LogP contribution in [-0.4, -0.2) is 64.3 Å². The van der Waals surface area contributed by atoms with E-state index in [9.17, 15) is 9.59 Å². The number of carbonyl (C=O) groups is 2. The van der Waals surface area contributed by atoms with Gasteiger partial charge in [-0.05, 0) is 29.8 Å². The Bertz CT molecular complexity index is 1370. The molecule has 1 N–H and O–H groups in total. The Morgan fingerprint density at radius 3 is 2.51 bits per heavy atom. The normalized spacial score (nSPS) is 17.8. The Kier molecular flexibility index (Phi) is 5.45. The number of aromatic amines is 1. The number of nitrogens with zero attached hydrogens (tertiary/aromatic N) is 4. The van der Waals surface area contributed by atoms with Gasteiger partial charge in [-0.15, -0.1) is 0 Å². The number of fused-ring (bicyclic) bond motifs is 2. The van der Waals surface area contributed by atoms with Gasteiger partial charge in [-0.3, -0.25) is 9.59 Å². The van der Waals surface area contributed by atoms with Gasteiger partial charge in [-0.25, -0.2) is 4.98 Å². The summed E-state index contributed by atoms with van der Waals surface area (Å²) in [5.41, 5.74) is 3.83. The third-order valence-electron chi connectivity index (χ3n) is 7.15. The molecule has 0 bridgehead atoms. The highest BCUT2D eigenvalue weighted by molar-refractivity contribution is 6.01. The van der Waals surface area contributed by atoms with Crippen molar-refractivity contribution in [2.75, 3.05) is 37.6 Å². The van der Waals surface area contributed by atoms with Crippen LogP contribution in [0.1, 0.15) is 33.9 Å². The van der Waals surface area contributed by atoms with Crippen molar-refractivity contribution < 1.29 is 9.59 Å². The summed E-state index contributed by atoms with van der Waals surface area (Å²) < 4.78 is 0. The average molecular weight is 466 g/mol. The van der Waals surface area contributed by atoms with E-state index in [4.69, 9.17) is 0 Å². The first-order chi connectivity index (χ1) is 17.2. The van der Waals surface area contributed by atoms with Gasteiger partial charge >= 0.3 is 0 Å². The summed E-state index contributed by atoms with van der Waals surface area (Å²) in [6.45, 7) is 3.23. The standard InChI is InChI=1S/C28H27N5O2/c34-26(32-17-15-31(16-18-32)25-11-5-6-13-29-25)12-14-33-27(21-8-1-2-9-22(21)28(33)35)23-19-30-24-10-4-3-7-20(23)24/h1-11,13,19,27,30H,12,14-18H2. The molecule has 4 aromatic rings. The molecule has 2 aliphatic rings. The number of piperazine rings is 1. The van der Waals surface area contributed by atoms with Crippen LogP contribution >= 0.6 is 0 Å². The molecule has 176 valence electrons. The Morgan fingerprint density at radius 2 is 1.69 bits per heavy atom. The molecular weight excluding hydrogens is 438 g/mol. The van der Waals surface area contributed by atoms with Crippen LogP contribution in [0, 0.1) is 0 Å². The number of carbonyl (C=O) groups excluding carboxylic acids is 2. The summed E-state index contributed by atoms with van der Waals surface area (Å²) >= 11 is 0. The second-order valence-corrected chi connectivity index (χ2v) is 9.08. The van der Waals surface area contributed by atoms with Gasteiger partial charge in [-0.2, -0.15) is 0 Å². The summed E-state index contributed by atoms with van der Waals surface area (Å²) in [4.78, 5) is 40.3. The van der Waals surface area contributed by atoms with Crippen molar-refractivity contribution in [2.24, 2.45) is 0 Å². The number of pyridine rings is 1. The second kappa shape index (κ2) is 8.91. The summed E-state index contributed by atoms with van der Waals surface area (Å²) in [6, 6.07) is 21.6. The van der Waals surface area contributed by atoms with Gasteiger partial charge in [0.2, 0.25) is 5.91 Å². The fraction of sp³-hybridized carbons (Fsp3) is 0.250. The van der Waals surface area contributed by atoms with Crippen molar-refractivity contribution in [1.82, 2.24) is 19.8 Å². The van der Waals surface area contributed by atoms with Crippen molar-refractivity contribution in [3.8, 4) is 0 Å². The maximum absolute atomic E-state index is 13.4. The van der Waals surface area contributed by atoms with Crippen LogP contribution in [0.4, 0.5) is 5.82 Å². The SMILES string of the molecule is O=C(CCN1C(=O)c2ccccc2C1c1c[nH]c2ccccc12)N1CCN(c2ccccn2)CC1. The zero-order valence-corrected chi connectivity index (χ0v) is 19.4. The minimum Gasteiger partial charge on any atom is -0.361 e. The number of nitrogens with one attached hydrogen (secondary N) is 1. The molecule has 4 heterocycles. The number of rotatable bonds is 5. The van der Waals surface area contributed by atoms with E-state index in [1.165, 1.54) is 0 Å². The Hall–Kier alpha value is -4.13. The highest BCUT2D eigenvalue weighted by atomic mass is 16.2. The summed E-state index contributed by atoms with van der Waals surface area (Å²) in [5.74, 6) is 1.03. The van der Waals surface area contributed by atoms with E-state index in [1.54, 1.807) is 6.20 Å². The highest BCUT2D eigenvalue weighted by Gasteiger charge is 2.38. The Balaban J connectivity index is 1.18. The quantitative estimate of drug-likeness (QED) is 0.486. The monoisotopic (exact) mass is 465 g/mol. The molecule has 0 aliphatic carbocycles. The molecule has 35 heavy (non-hydrogen) atoms. The topological polar surface area (TPSA) is 72.5 Å². The van der Waals surface area contributed by atoms with Crippen LogP contribution in [0.15, 0.2) is 79.1 Å². The van der Waals surface area contributed by atoms with E-state index in [0.29, 0.717) is 26.1 Å². The number of benzene rings is 2. The maximum Gasteiger partial charge on any atom is 0.255 e. The van der Waals surface area contributed by atoms with Crippen LogP contribution in [0.5, 0.6) is 0 Å². The Labute approximate surface area is 204 Å². The third-order valence-corrected chi connectivity index (χ3v) is 7.15. The van der Waals surface area contributed by atoms with Crippen molar-refractivity contribution in [2.45, 2.75) is 12.5 Å². The first-order valence-corrected chi connectivity index (χ1v) is 12.1. The van der Waals surface area contributed by atoms with Gasteiger partial charge in [0.05, 0.1) is 6.04 Å². The molecule has 0 radical (unpaired) electrons. The van der Waals surface area contributed by atoms with Crippen LogP contribution in [-0.2, 0) is 4.79 Å². The number of anilines is 1. The predicted molar refractivity (Wildman–Crippen MR) is 135 cm³/mol. The number of aromatic nitrogens is 2. The molecule has 0 spiro atoms. The van der Waals surface area contributed by atoms with Gasteiger partial charge < -0.3 is 19.7 Å². The van der Waals surface area contributed by atoms with Gasteiger partial charge in [0.25, 0.3) is 5.91 Å². The number of hydrogen-bond acceptors (Lipinski definition) is 4. The van der Waals surface area contributed by atoms with Crippen LogP contribution < -0.4 is 4.90 Å². The van der Waals surface area contributed by atoms with E-state index < -0.39 is 0 Å². The zero-order valence-electron chi connectivity index (χ0n) is 19.4. The number of H-pyrrole nitrogens is 1. The zero-order chi connectivity index (χ0) is 23.8. The molecule has 7 heteroatoms. The molecule has 2 aliphatic heterocycles. The van der Waals surface area contributed by atoms with Crippen molar-refractivity contribution in [1.29, 1.82) is 0 Å². The van der Waals surface area contributed by atoms with Gasteiger partial charge in [0.1, 0.15) is 5.82 Å². The number of amides is 2. The summed E-state index contributed by atoms with van der Waals surface area (Å²) in [7, 11) is 0. The highest BCUT2D eigenvalue weighted by Crippen LogP contribution is 2.41. The van der Waals surface area contributed by atoms with E-state index in [0.717, 1.165) is 46.5 Å². The average Bonchev–Trinajstić information content (AvgIpc) is 3.46. The van der Waals surface area contributed by atoms with Crippen molar-refractivity contribution in [3.05, 3.63) is 95.8 Å². The number of para-hydroxylation sites is 1. The first kappa shape index (κ1) is 21.4. The Morgan fingerprint density at radius 1 is 0.914 bits per heavy atom. The number of hydrogen-bond donors (Lipinski definition) is 1. The van der Waals surface area contributed by atoms with E-state index >= 15 is 0 Å². The van der Waals surface area contributed by atoms with Crippen LogP contribution in [0.25, 0.3) is 10.9 Å². The summed E-state index contributed by atoms with van der Waals surface area (Å²) in [5, 5.41) is 1.10. The smallest absolute Gasteiger partial charge is 0.255 e. The predicted octanol–water partition coefficient (Wildman–Crippen LogP) is 3.85. The largest absolute Gasteiger partial charge is 0.361 e. The van der Waals surface area contributed by atoms with Crippen molar-refractivity contribution in [3.63, 3.8) is 0 Å². The fourth-order valence-corrected chi connectivity index (χ4v) is 5.36. The van der Waals surface area contributed by atoms with Crippen LogP contribution in [0.3, 0.4) is 0 Å². The minimum atomic E-state index is -0.205.